The molecule has 0 aromatic heterocycles. The molecule has 0 amide bonds. The van der Waals surface area contributed by atoms with E-state index in [0.29, 0.717) is 0 Å². The molecule has 0 aliphatic carbocycles. The van der Waals surface area contributed by atoms with E-state index >= 15 is 0 Å². The third-order valence-corrected chi connectivity index (χ3v) is 2.24. The van der Waals surface area contributed by atoms with E-state index < -0.39 is 0 Å². The van der Waals surface area contributed by atoms with Crippen LogP contribution in [0.5, 0.6) is 0 Å². The van der Waals surface area contributed by atoms with Crippen molar-refractivity contribution in [3.63, 3.8) is 0 Å². The predicted octanol–water partition coefficient (Wildman–Crippen LogP) is 3.04. The molecular formula is C12H18O. The first-order valence-corrected chi connectivity index (χ1v) is 4.70. The fourth-order valence-corrected chi connectivity index (χ4v) is 1.27. The van der Waals surface area contributed by atoms with Crippen molar-refractivity contribution < 1.29 is 5.11 Å². The highest BCUT2D eigenvalue weighted by Gasteiger charge is 2.14. The first kappa shape index (κ1) is 10.3. The highest BCUT2D eigenvalue weighted by Crippen LogP contribution is 2.24. The van der Waals surface area contributed by atoms with Gasteiger partial charge in [0.2, 0.25) is 0 Å². The second kappa shape index (κ2) is 3.51. The molecule has 0 aliphatic heterocycles. The van der Waals surface area contributed by atoms with Crippen molar-refractivity contribution >= 4 is 0 Å². The number of rotatable bonds is 1. The Balaban J connectivity index is 3.06. The van der Waals surface area contributed by atoms with Gasteiger partial charge in [-0.15, -0.1) is 0 Å². The minimum absolute atomic E-state index is 0.158. The van der Waals surface area contributed by atoms with E-state index in [1.165, 1.54) is 5.56 Å². The van der Waals surface area contributed by atoms with Crippen LogP contribution in [0.25, 0.3) is 0 Å². The zero-order chi connectivity index (χ0) is 10.1. The molecule has 0 aliphatic rings. The Bertz CT molecular complexity index is 281. The van der Waals surface area contributed by atoms with Crippen LogP contribution in [-0.2, 0) is 5.41 Å². The smallest absolute Gasteiger partial charge is 0.0762 e. The maximum Gasteiger partial charge on any atom is 0.0762 e. The van der Waals surface area contributed by atoms with Gasteiger partial charge in [-0.3, -0.25) is 0 Å². The van der Waals surface area contributed by atoms with Crippen LogP contribution >= 0.6 is 0 Å². The van der Waals surface area contributed by atoms with E-state index in [2.05, 4.69) is 32.9 Å². The Labute approximate surface area is 80.4 Å². The maximum atomic E-state index is 9.41. The van der Waals surface area contributed by atoms with Crippen molar-refractivity contribution in [1.29, 1.82) is 0 Å². The van der Waals surface area contributed by atoms with Gasteiger partial charge in [0.15, 0.2) is 0 Å². The average molecular weight is 178 g/mol. The van der Waals surface area contributed by atoms with Crippen LogP contribution in [0.3, 0.4) is 0 Å². The van der Waals surface area contributed by atoms with E-state index in [1.807, 2.05) is 12.1 Å². The predicted molar refractivity (Wildman–Crippen MR) is 55.8 cm³/mol. The topological polar surface area (TPSA) is 20.2 Å². The van der Waals surface area contributed by atoms with E-state index in [1.54, 1.807) is 6.92 Å². The average Bonchev–Trinajstić information content (AvgIpc) is 2.03. The van der Waals surface area contributed by atoms with E-state index in [0.717, 1.165) is 5.56 Å². The molecule has 1 rings (SSSR count). The molecule has 0 heterocycles. The SMILES string of the molecule is CC(O)c1cccc(C(C)(C)C)c1. The highest BCUT2D eigenvalue weighted by atomic mass is 16.3. The minimum Gasteiger partial charge on any atom is -0.389 e. The standard InChI is InChI=1S/C12H18O/c1-9(13)10-6-5-7-11(8-10)12(2,3)4/h5-9,13H,1-4H3. The fourth-order valence-electron chi connectivity index (χ4n) is 1.27. The molecule has 72 valence electrons. The summed E-state index contributed by atoms with van der Waals surface area (Å²) in [6.07, 6.45) is -0.373. The normalized spacial score (nSPS) is 14.2. The molecule has 0 radical (unpaired) electrons. The molecule has 1 heteroatoms. The van der Waals surface area contributed by atoms with Gasteiger partial charge in [-0.05, 0) is 23.5 Å². The largest absolute Gasteiger partial charge is 0.389 e. The van der Waals surface area contributed by atoms with Gasteiger partial charge in [0, 0.05) is 0 Å². The highest BCUT2D eigenvalue weighted by molar-refractivity contribution is 5.29. The molecule has 1 aromatic carbocycles. The second-order valence-corrected chi connectivity index (χ2v) is 4.55. The number of aliphatic hydroxyl groups excluding tert-OH is 1. The summed E-state index contributed by atoms with van der Waals surface area (Å²) in [7, 11) is 0. The van der Waals surface area contributed by atoms with Crippen molar-refractivity contribution in [2.45, 2.75) is 39.2 Å². The molecular weight excluding hydrogens is 160 g/mol. The van der Waals surface area contributed by atoms with Crippen molar-refractivity contribution in [2.24, 2.45) is 0 Å². The lowest BCUT2D eigenvalue weighted by Gasteiger charge is -2.20. The van der Waals surface area contributed by atoms with Gasteiger partial charge in [0.25, 0.3) is 0 Å². The Hall–Kier alpha value is -0.820. The first-order valence-electron chi connectivity index (χ1n) is 4.70. The molecule has 0 saturated heterocycles. The summed E-state index contributed by atoms with van der Waals surface area (Å²) in [5.74, 6) is 0. The quantitative estimate of drug-likeness (QED) is 0.700. The molecule has 13 heavy (non-hydrogen) atoms. The zero-order valence-corrected chi connectivity index (χ0v) is 8.83. The van der Waals surface area contributed by atoms with Crippen LogP contribution < -0.4 is 0 Å². The van der Waals surface area contributed by atoms with Crippen LogP contribution in [-0.4, -0.2) is 5.11 Å². The molecule has 0 fully saturated rings. The summed E-state index contributed by atoms with van der Waals surface area (Å²) in [6.45, 7) is 8.32. The lowest BCUT2D eigenvalue weighted by molar-refractivity contribution is 0.199. The maximum absolute atomic E-state index is 9.41. The van der Waals surface area contributed by atoms with Crippen LogP contribution in [0.2, 0.25) is 0 Å². The third-order valence-electron chi connectivity index (χ3n) is 2.24. The lowest BCUT2D eigenvalue weighted by Crippen LogP contribution is -2.11. The monoisotopic (exact) mass is 178 g/mol. The summed E-state index contributed by atoms with van der Waals surface area (Å²) in [4.78, 5) is 0. The van der Waals surface area contributed by atoms with Crippen molar-refractivity contribution in [2.75, 3.05) is 0 Å². The third kappa shape index (κ3) is 2.56. The molecule has 1 nitrogen and oxygen atoms in total. The van der Waals surface area contributed by atoms with Crippen LogP contribution in [0, 0.1) is 0 Å². The van der Waals surface area contributed by atoms with Crippen LogP contribution in [0.1, 0.15) is 44.9 Å². The van der Waals surface area contributed by atoms with Gasteiger partial charge in [-0.2, -0.15) is 0 Å². The molecule has 1 N–H and O–H groups in total. The van der Waals surface area contributed by atoms with Crippen LogP contribution in [0.4, 0.5) is 0 Å². The van der Waals surface area contributed by atoms with Gasteiger partial charge in [0.1, 0.15) is 0 Å². The zero-order valence-electron chi connectivity index (χ0n) is 8.83. The Morgan fingerprint density at radius 3 is 2.31 bits per heavy atom. The van der Waals surface area contributed by atoms with Gasteiger partial charge >= 0.3 is 0 Å². The Kier molecular flexibility index (Phi) is 2.77. The summed E-state index contributed by atoms with van der Waals surface area (Å²) >= 11 is 0. The first-order chi connectivity index (χ1) is 5.91. The minimum atomic E-state index is -0.373. The summed E-state index contributed by atoms with van der Waals surface area (Å²) in [5.41, 5.74) is 2.42. The lowest BCUT2D eigenvalue weighted by atomic mass is 9.86. The van der Waals surface area contributed by atoms with E-state index in [-0.39, 0.29) is 11.5 Å². The number of hydrogen-bond acceptors (Lipinski definition) is 1. The summed E-state index contributed by atoms with van der Waals surface area (Å²) < 4.78 is 0. The van der Waals surface area contributed by atoms with Crippen molar-refractivity contribution in [1.82, 2.24) is 0 Å². The molecule has 1 aromatic rings. The van der Waals surface area contributed by atoms with E-state index in [9.17, 15) is 5.11 Å². The summed E-state index contributed by atoms with van der Waals surface area (Å²) in [6, 6.07) is 8.14. The number of hydrogen-bond donors (Lipinski definition) is 1. The van der Waals surface area contributed by atoms with Crippen LogP contribution in [0.15, 0.2) is 24.3 Å². The van der Waals surface area contributed by atoms with E-state index in [4.69, 9.17) is 0 Å². The van der Waals surface area contributed by atoms with Gasteiger partial charge in [-0.1, -0.05) is 45.0 Å². The molecule has 0 spiro atoms. The number of aliphatic hydroxyl groups is 1. The second-order valence-electron chi connectivity index (χ2n) is 4.55. The molecule has 1 atom stereocenters. The molecule has 1 unspecified atom stereocenters. The fraction of sp³-hybridized carbons (Fsp3) is 0.500. The van der Waals surface area contributed by atoms with Crippen molar-refractivity contribution in [3.8, 4) is 0 Å². The molecule has 0 saturated carbocycles. The van der Waals surface area contributed by atoms with Gasteiger partial charge < -0.3 is 5.11 Å². The van der Waals surface area contributed by atoms with Crippen molar-refractivity contribution in [3.05, 3.63) is 35.4 Å². The number of benzene rings is 1. The Morgan fingerprint density at radius 2 is 1.85 bits per heavy atom. The van der Waals surface area contributed by atoms with Gasteiger partial charge in [0.05, 0.1) is 6.10 Å². The van der Waals surface area contributed by atoms with Gasteiger partial charge in [-0.25, -0.2) is 0 Å². The Morgan fingerprint density at radius 1 is 1.23 bits per heavy atom. The molecule has 0 bridgehead atoms. The summed E-state index contributed by atoms with van der Waals surface area (Å²) in [5, 5.41) is 9.41.